The third-order valence-electron chi connectivity index (χ3n) is 9.91. The Morgan fingerprint density at radius 1 is 1.14 bits per heavy atom. The number of nitrogens with zero attached hydrogens (tertiary/aromatic N) is 1. The summed E-state index contributed by atoms with van der Waals surface area (Å²) in [5, 5.41) is 23.8. The second-order valence-electron chi connectivity index (χ2n) is 11.7. The number of likely N-dealkylation sites (tertiary alicyclic amines) is 1. The average Bonchev–Trinajstić information content (AvgIpc) is 3.52. The van der Waals surface area contributed by atoms with Crippen LogP contribution in [0.1, 0.15) is 64.6 Å². The van der Waals surface area contributed by atoms with E-state index in [0.29, 0.717) is 12.2 Å². The predicted octanol–water partition coefficient (Wildman–Crippen LogP) is 4.32. The first-order valence-corrected chi connectivity index (χ1v) is 13.2. The molecule has 3 aromatic rings. The monoisotopic (exact) mass is 468 g/mol. The number of aliphatic hydroxyl groups is 1. The molecule has 2 bridgehead atoms. The molecular formula is C30H32N2O3. The van der Waals surface area contributed by atoms with Gasteiger partial charge in [-0.15, -0.1) is 0 Å². The zero-order chi connectivity index (χ0) is 23.5. The fourth-order valence-electron chi connectivity index (χ4n) is 8.15. The molecule has 0 amide bonds. The standard InChI is InChI=1S/C30H32N2O3/c1-17-21(13-18-5-3-2-4-6-18)22-15-30(34)24-14-20-9-10-23(33)27-25(20)29(30,28(35-27)26(22)31-17)11-12-32(24)16-19-7-8-19/h2-6,9-10,19,24,28,31,33-34H,7-8,11-16H2,1H3/t24-,28-,29-,30+/m0/s1. The van der Waals surface area contributed by atoms with Gasteiger partial charge in [0, 0.05) is 30.3 Å². The number of nitrogens with one attached hydrogen (secondary N) is 1. The quantitative estimate of drug-likeness (QED) is 0.534. The number of hydrogen-bond donors (Lipinski definition) is 3. The molecule has 2 aromatic carbocycles. The molecule has 8 rings (SSSR count). The maximum Gasteiger partial charge on any atom is 0.166 e. The van der Waals surface area contributed by atoms with Crippen molar-refractivity contribution >= 4 is 0 Å². The van der Waals surface area contributed by atoms with E-state index in [9.17, 15) is 10.2 Å². The molecule has 0 radical (unpaired) electrons. The summed E-state index contributed by atoms with van der Waals surface area (Å²) in [5.74, 6) is 1.58. The molecule has 4 atom stereocenters. The van der Waals surface area contributed by atoms with Crippen LogP contribution in [0, 0.1) is 12.8 Å². The highest BCUT2D eigenvalue weighted by Gasteiger charge is 2.73. The van der Waals surface area contributed by atoms with E-state index in [-0.39, 0.29) is 17.9 Å². The van der Waals surface area contributed by atoms with Crippen LogP contribution in [0.3, 0.4) is 0 Å². The van der Waals surface area contributed by atoms with E-state index in [1.807, 2.05) is 0 Å². The van der Waals surface area contributed by atoms with Crippen molar-refractivity contribution in [1.82, 2.24) is 9.88 Å². The van der Waals surface area contributed by atoms with Crippen molar-refractivity contribution in [3.05, 3.63) is 81.7 Å². The zero-order valence-electron chi connectivity index (χ0n) is 20.2. The molecule has 3 heterocycles. The zero-order valence-corrected chi connectivity index (χ0v) is 20.2. The van der Waals surface area contributed by atoms with Gasteiger partial charge in [0.05, 0.1) is 16.7 Å². The Bertz CT molecular complexity index is 1360. The van der Waals surface area contributed by atoms with Gasteiger partial charge in [-0.1, -0.05) is 36.4 Å². The van der Waals surface area contributed by atoms with E-state index in [4.69, 9.17) is 4.74 Å². The lowest BCUT2D eigenvalue weighted by Gasteiger charge is -2.62. The van der Waals surface area contributed by atoms with Crippen LogP contribution in [0.2, 0.25) is 0 Å². The van der Waals surface area contributed by atoms with Crippen LogP contribution in [-0.4, -0.2) is 44.8 Å². The lowest BCUT2D eigenvalue weighted by molar-refractivity contribution is -0.173. The van der Waals surface area contributed by atoms with Crippen LogP contribution in [0.15, 0.2) is 42.5 Å². The highest BCUT2D eigenvalue weighted by molar-refractivity contribution is 5.65. The Labute approximate surface area is 205 Å². The van der Waals surface area contributed by atoms with Gasteiger partial charge in [-0.2, -0.15) is 0 Å². The summed E-state index contributed by atoms with van der Waals surface area (Å²) < 4.78 is 6.69. The summed E-state index contributed by atoms with van der Waals surface area (Å²) in [4.78, 5) is 6.30. The van der Waals surface area contributed by atoms with Gasteiger partial charge < -0.3 is 19.9 Å². The van der Waals surface area contributed by atoms with E-state index < -0.39 is 11.0 Å². The average molecular weight is 469 g/mol. The third-order valence-corrected chi connectivity index (χ3v) is 9.91. The Balaban J connectivity index is 1.33. The number of aromatic amines is 1. The number of phenols is 1. The number of benzene rings is 2. The first-order chi connectivity index (χ1) is 17.0. The molecule has 3 aliphatic carbocycles. The normalized spacial score (nSPS) is 32.2. The number of fused-ring (bicyclic) bond motifs is 2. The van der Waals surface area contributed by atoms with Gasteiger partial charge in [-0.05, 0) is 79.8 Å². The second-order valence-corrected chi connectivity index (χ2v) is 11.7. The lowest BCUT2D eigenvalue weighted by atomic mass is 9.49. The molecule has 180 valence electrons. The molecule has 1 saturated carbocycles. The number of ether oxygens (including phenoxy) is 1. The molecule has 5 nitrogen and oxygen atoms in total. The van der Waals surface area contributed by atoms with Crippen molar-refractivity contribution in [3.63, 3.8) is 0 Å². The Kier molecular flexibility index (Phi) is 3.92. The third kappa shape index (κ3) is 2.51. The van der Waals surface area contributed by atoms with Gasteiger partial charge in [0.15, 0.2) is 17.6 Å². The predicted molar refractivity (Wildman–Crippen MR) is 133 cm³/mol. The number of aromatic hydroxyl groups is 1. The van der Waals surface area contributed by atoms with Crippen molar-refractivity contribution < 1.29 is 14.9 Å². The van der Waals surface area contributed by atoms with Gasteiger partial charge in [-0.25, -0.2) is 0 Å². The molecular weight excluding hydrogens is 436 g/mol. The number of piperidine rings is 1. The first-order valence-electron chi connectivity index (χ1n) is 13.2. The number of H-pyrrole nitrogens is 1. The highest BCUT2D eigenvalue weighted by Crippen LogP contribution is 2.69. The van der Waals surface area contributed by atoms with Crippen LogP contribution in [-0.2, 0) is 24.7 Å². The minimum Gasteiger partial charge on any atom is -0.504 e. The maximum absolute atomic E-state index is 12.9. The van der Waals surface area contributed by atoms with E-state index in [2.05, 4.69) is 53.2 Å². The Hall–Kier alpha value is -2.76. The number of aromatic nitrogens is 1. The van der Waals surface area contributed by atoms with Crippen molar-refractivity contribution in [1.29, 1.82) is 0 Å². The molecule has 2 aliphatic heterocycles. The van der Waals surface area contributed by atoms with E-state index in [0.717, 1.165) is 55.2 Å². The summed E-state index contributed by atoms with van der Waals surface area (Å²) in [7, 11) is 0. The molecule has 5 aliphatic rings. The van der Waals surface area contributed by atoms with E-state index in [1.54, 1.807) is 6.07 Å². The molecule has 1 saturated heterocycles. The largest absolute Gasteiger partial charge is 0.504 e. The molecule has 5 heteroatoms. The molecule has 0 unspecified atom stereocenters. The second kappa shape index (κ2) is 6.71. The van der Waals surface area contributed by atoms with Crippen LogP contribution in [0.5, 0.6) is 11.5 Å². The van der Waals surface area contributed by atoms with Gasteiger partial charge in [-0.3, -0.25) is 4.90 Å². The molecule has 1 spiro atoms. The SMILES string of the molecule is Cc1[nH]c2c(c1Cc1ccccc1)C[C@@]1(O)[C@@H]3Cc4ccc(O)c5c4[C@@]1(CCN3CC1CC1)[C@H]2O5. The summed E-state index contributed by atoms with van der Waals surface area (Å²) in [6.07, 6.45) is 5.48. The van der Waals surface area contributed by atoms with Crippen LogP contribution < -0.4 is 4.74 Å². The fourth-order valence-corrected chi connectivity index (χ4v) is 8.15. The minimum atomic E-state index is -0.927. The topological polar surface area (TPSA) is 68.7 Å². The van der Waals surface area contributed by atoms with Gasteiger partial charge in [0.2, 0.25) is 0 Å². The Morgan fingerprint density at radius 2 is 1.97 bits per heavy atom. The summed E-state index contributed by atoms with van der Waals surface area (Å²) >= 11 is 0. The molecule has 2 fully saturated rings. The summed E-state index contributed by atoms with van der Waals surface area (Å²) in [6.45, 7) is 4.22. The van der Waals surface area contributed by atoms with Crippen molar-refractivity contribution in [3.8, 4) is 11.5 Å². The van der Waals surface area contributed by atoms with Crippen LogP contribution >= 0.6 is 0 Å². The van der Waals surface area contributed by atoms with Crippen LogP contribution in [0.25, 0.3) is 0 Å². The number of phenolic OH excluding ortho intramolecular Hbond substituents is 1. The molecule has 35 heavy (non-hydrogen) atoms. The van der Waals surface area contributed by atoms with Gasteiger partial charge >= 0.3 is 0 Å². The van der Waals surface area contributed by atoms with E-state index >= 15 is 0 Å². The highest BCUT2D eigenvalue weighted by atomic mass is 16.5. The lowest BCUT2D eigenvalue weighted by Crippen LogP contribution is -2.74. The Morgan fingerprint density at radius 3 is 2.77 bits per heavy atom. The number of hydrogen-bond acceptors (Lipinski definition) is 4. The minimum absolute atomic E-state index is 0.0684. The summed E-state index contributed by atoms with van der Waals surface area (Å²) in [6, 6.07) is 14.5. The van der Waals surface area contributed by atoms with Gasteiger partial charge in [0.25, 0.3) is 0 Å². The van der Waals surface area contributed by atoms with Crippen LogP contribution in [0.4, 0.5) is 0 Å². The number of aryl methyl sites for hydroxylation is 1. The molecule has 3 N–H and O–H groups in total. The van der Waals surface area contributed by atoms with Crippen molar-refractivity contribution in [2.45, 2.75) is 68.6 Å². The first kappa shape index (κ1) is 20.4. The number of rotatable bonds is 4. The molecule has 1 aromatic heterocycles. The smallest absolute Gasteiger partial charge is 0.166 e. The fraction of sp³-hybridized carbons (Fsp3) is 0.467. The van der Waals surface area contributed by atoms with Crippen molar-refractivity contribution in [2.24, 2.45) is 5.92 Å². The van der Waals surface area contributed by atoms with Crippen molar-refractivity contribution in [2.75, 3.05) is 13.1 Å². The van der Waals surface area contributed by atoms with E-state index in [1.165, 1.54) is 35.1 Å². The maximum atomic E-state index is 12.9. The summed E-state index contributed by atoms with van der Waals surface area (Å²) in [5.41, 5.74) is 6.93. The van der Waals surface area contributed by atoms with Gasteiger partial charge in [0.1, 0.15) is 0 Å².